The van der Waals surface area contributed by atoms with Crippen LogP contribution in [0.1, 0.15) is 12.0 Å². The Morgan fingerprint density at radius 2 is 2.03 bits per heavy atom. The van der Waals surface area contributed by atoms with Crippen molar-refractivity contribution in [2.24, 2.45) is 0 Å². The molecule has 1 fully saturated rings. The fraction of sp³-hybridized carbons (Fsp3) is 0.429. The van der Waals surface area contributed by atoms with Gasteiger partial charge in [-0.1, -0.05) is 0 Å². The molecule has 0 amide bonds. The molecule has 1 saturated heterocycles. The van der Waals surface area contributed by atoms with Gasteiger partial charge in [0.15, 0.2) is 17.1 Å². The average Bonchev–Trinajstić information content (AvgIpc) is 3.15. The molecule has 8 nitrogen and oxygen atoms in total. The Morgan fingerprint density at radius 3 is 2.76 bits per heavy atom. The number of aromatic nitrogens is 1. The van der Waals surface area contributed by atoms with E-state index in [0.29, 0.717) is 18.1 Å². The molecule has 0 radical (unpaired) electrons. The molecule has 2 aliphatic rings. The smallest absolute Gasteiger partial charge is 0.339 e. The van der Waals surface area contributed by atoms with E-state index in [9.17, 15) is 9.90 Å². The van der Waals surface area contributed by atoms with Crippen molar-refractivity contribution in [2.45, 2.75) is 18.4 Å². The third-order valence-electron chi connectivity index (χ3n) is 5.40. The van der Waals surface area contributed by atoms with Crippen LogP contribution in [0.25, 0.3) is 11.3 Å². The van der Waals surface area contributed by atoms with Gasteiger partial charge in [-0.25, -0.2) is 4.79 Å². The zero-order valence-corrected chi connectivity index (χ0v) is 16.5. The van der Waals surface area contributed by atoms with Gasteiger partial charge < -0.3 is 29.0 Å². The van der Waals surface area contributed by atoms with Crippen LogP contribution in [0.15, 0.2) is 30.5 Å². The van der Waals surface area contributed by atoms with E-state index in [1.165, 1.54) is 7.11 Å². The topological polar surface area (TPSA) is 90.4 Å². The number of carboxylic acid groups (broad SMARTS) is 1. The van der Waals surface area contributed by atoms with E-state index >= 15 is 0 Å². The lowest BCUT2D eigenvalue weighted by Crippen LogP contribution is -2.67. The highest BCUT2D eigenvalue weighted by atomic mass is 16.7. The van der Waals surface area contributed by atoms with Crippen LogP contribution in [0.2, 0.25) is 0 Å². The van der Waals surface area contributed by atoms with Gasteiger partial charge in [0.25, 0.3) is 0 Å². The highest BCUT2D eigenvalue weighted by Crippen LogP contribution is 2.40. The van der Waals surface area contributed by atoms with Crippen LogP contribution in [0, 0.1) is 0 Å². The maximum absolute atomic E-state index is 11.6. The van der Waals surface area contributed by atoms with Crippen molar-refractivity contribution in [1.82, 2.24) is 4.98 Å². The number of ether oxygens (including phenoxy) is 4. The van der Waals surface area contributed by atoms with E-state index in [1.54, 1.807) is 7.11 Å². The van der Waals surface area contributed by atoms with E-state index in [0.717, 1.165) is 35.3 Å². The minimum atomic E-state index is -1.18. The van der Waals surface area contributed by atoms with Gasteiger partial charge >= 0.3 is 5.97 Å². The first kappa shape index (κ1) is 19.5. The summed E-state index contributed by atoms with van der Waals surface area (Å²) in [6, 6.07) is 7.77. The number of rotatable bonds is 8. The number of aliphatic carboxylic acids is 1. The second-order valence-electron chi connectivity index (χ2n) is 7.24. The molecule has 0 atom stereocenters. The first-order chi connectivity index (χ1) is 14.1. The summed E-state index contributed by atoms with van der Waals surface area (Å²) in [5, 5.41) is 9.53. The lowest BCUT2D eigenvalue weighted by atomic mass is 9.92. The molecule has 1 aromatic heterocycles. The maximum atomic E-state index is 11.6. The van der Waals surface area contributed by atoms with Gasteiger partial charge in [-0.15, -0.1) is 0 Å². The van der Waals surface area contributed by atoms with Crippen molar-refractivity contribution in [3.05, 3.63) is 36.0 Å². The predicted octanol–water partition coefficient (Wildman–Crippen LogP) is 2.35. The Balaban J connectivity index is 1.66. The summed E-state index contributed by atoms with van der Waals surface area (Å²) in [7, 11) is 3.12. The van der Waals surface area contributed by atoms with Crippen molar-refractivity contribution in [1.29, 1.82) is 0 Å². The molecule has 1 aromatic carbocycles. The molecule has 3 heterocycles. The van der Waals surface area contributed by atoms with Gasteiger partial charge in [0.1, 0.15) is 0 Å². The molecule has 0 bridgehead atoms. The van der Waals surface area contributed by atoms with Gasteiger partial charge in [0.05, 0.1) is 24.5 Å². The van der Waals surface area contributed by atoms with Crippen LogP contribution in [-0.2, 0) is 20.7 Å². The van der Waals surface area contributed by atoms with E-state index in [1.807, 2.05) is 29.3 Å². The van der Waals surface area contributed by atoms with Crippen LogP contribution in [0.4, 0.5) is 5.69 Å². The molecule has 0 aliphatic carbocycles. The number of benzene rings is 1. The van der Waals surface area contributed by atoms with Crippen molar-refractivity contribution >= 4 is 11.7 Å². The molecule has 2 aromatic rings. The zero-order valence-electron chi connectivity index (χ0n) is 16.5. The number of pyridine rings is 1. The maximum Gasteiger partial charge on any atom is 0.339 e. The molecule has 0 spiro atoms. The van der Waals surface area contributed by atoms with Crippen LogP contribution < -0.4 is 14.4 Å². The number of methoxy groups -OCH3 is 2. The van der Waals surface area contributed by atoms with Crippen molar-refractivity contribution in [3.8, 4) is 22.8 Å². The number of nitrogens with zero attached hydrogens (tertiary/aromatic N) is 2. The van der Waals surface area contributed by atoms with Gasteiger partial charge in [-0.05, 0) is 42.7 Å². The third kappa shape index (κ3) is 3.61. The highest BCUT2D eigenvalue weighted by Gasteiger charge is 2.51. The number of carboxylic acids is 1. The summed E-state index contributed by atoms with van der Waals surface area (Å²) in [4.78, 5) is 18.3. The number of aryl methyl sites for hydroxylation is 1. The van der Waals surface area contributed by atoms with Crippen LogP contribution in [0.3, 0.4) is 0 Å². The Hall–Kier alpha value is -2.84. The van der Waals surface area contributed by atoms with Crippen molar-refractivity contribution < 1.29 is 28.8 Å². The summed E-state index contributed by atoms with van der Waals surface area (Å²) in [6.45, 7) is 1.41. The third-order valence-corrected chi connectivity index (χ3v) is 5.40. The Kier molecular flexibility index (Phi) is 5.29. The summed E-state index contributed by atoms with van der Waals surface area (Å²) < 4.78 is 21.3. The standard InChI is InChI=1S/C21H24N2O6/c1-26-7-3-4-14-8-16(23-11-21(12-23,27-2)20(24)25)19(22-10-14)15-5-6-17-18(9-15)29-13-28-17/h5-6,8-10H,3-4,7,11-13H2,1-2H3,(H,24,25). The summed E-state index contributed by atoms with van der Waals surface area (Å²) in [5.74, 6) is 0.435. The lowest BCUT2D eigenvalue weighted by molar-refractivity contribution is -0.165. The molecule has 0 saturated carbocycles. The van der Waals surface area contributed by atoms with Gasteiger partial charge in [0, 0.05) is 32.6 Å². The largest absolute Gasteiger partial charge is 0.479 e. The van der Waals surface area contributed by atoms with Gasteiger partial charge in [-0.2, -0.15) is 0 Å². The highest BCUT2D eigenvalue weighted by molar-refractivity contribution is 5.85. The quantitative estimate of drug-likeness (QED) is 0.676. The fourth-order valence-electron chi connectivity index (χ4n) is 3.65. The second kappa shape index (κ2) is 7.88. The minimum Gasteiger partial charge on any atom is -0.479 e. The SMILES string of the molecule is COCCCc1cnc(-c2ccc3c(c2)OCO3)c(N2CC(OC)(C(=O)O)C2)c1. The Labute approximate surface area is 169 Å². The second-order valence-corrected chi connectivity index (χ2v) is 7.24. The molecule has 0 unspecified atom stereocenters. The number of anilines is 1. The van der Waals surface area contributed by atoms with Crippen LogP contribution in [-0.4, -0.2) is 62.4 Å². The number of fused-ring (bicyclic) bond motifs is 1. The molecular weight excluding hydrogens is 376 g/mol. The van der Waals surface area contributed by atoms with Crippen LogP contribution >= 0.6 is 0 Å². The fourth-order valence-corrected chi connectivity index (χ4v) is 3.65. The average molecular weight is 400 g/mol. The normalized spacial score (nSPS) is 16.6. The van der Waals surface area contributed by atoms with Gasteiger partial charge in [0.2, 0.25) is 6.79 Å². The van der Waals surface area contributed by atoms with Crippen molar-refractivity contribution in [3.63, 3.8) is 0 Å². The summed E-state index contributed by atoms with van der Waals surface area (Å²) in [5.41, 5.74) is 2.43. The van der Waals surface area contributed by atoms with E-state index in [2.05, 4.69) is 6.07 Å². The Morgan fingerprint density at radius 1 is 1.24 bits per heavy atom. The first-order valence-electron chi connectivity index (χ1n) is 9.48. The van der Waals surface area contributed by atoms with Crippen molar-refractivity contribution in [2.75, 3.05) is 45.6 Å². The van der Waals surface area contributed by atoms with E-state index in [-0.39, 0.29) is 19.9 Å². The predicted molar refractivity (Wildman–Crippen MR) is 106 cm³/mol. The van der Waals surface area contributed by atoms with Gasteiger partial charge in [-0.3, -0.25) is 4.98 Å². The molecule has 8 heteroatoms. The summed E-state index contributed by atoms with van der Waals surface area (Å²) >= 11 is 0. The first-order valence-corrected chi connectivity index (χ1v) is 9.48. The summed E-state index contributed by atoms with van der Waals surface area (Å²) in [6.07, 6.45) is 3.58. The lowest BCUT2D eigenvalue weighted by Gasteiger charge is -2.47. The zero-order chi connectivity index (χ0) is 20.4. The minimum absolute atomic E-state index is 0.207. The molecule has 2 aliphatic heterocycles. The molecule has 4 rings (SSSR count). The monoisotopic (exact) mass is 400 g/mol. The molecule has 154 valence electrons. The van der Waals surface area contributed by atoms with Crippen LogP contribution in [0.5, 0.6) is 11.5 Å². The molecular formula is C21H24N2O6. The molecule has 29 heavy (non-hydrogen) atoms. The van der Waals surface area contributed by atoms with E-state index in [4.69, 9.17) is 23.9 Å². The number of carbonyl (C=O) groups is 1. The molecule has 1 N–H and O–H groups in total. The number of hydrogen-bond donors (Lipinski definition) is 1. The Bertz CT molecular complexity index is 910. The number of hydrogen-bond acceptors (Lipinski definition) is 7. The van der Waals surface area contributed by atoms with E-state index < -0.39 is 11.6 Å².